The first kappa shape index (κ1) is 26.3. The molecule has 0 aromatic heterocycles. The number of carbonyl (C=O) groups is 2. The van der Waals surface area contributed by atoms with Crippen LogP contribution in [-0.4, -0.2) is 33.7 Å². The van der Waals surface area contributed by atoms with Gasteiger partial charge in [-0.2, -0.15) is 0 Å². The van der Waals surface area contributed by atoms with E-state index in [4.69, 9.17) is 70.2 Å². The van der Waals surface area contributed by atoms with Gasteiger partial charge in [-0.1, -0.05) is 34.8 Å². The van der Waals surface area contributed by atoms with Gasteiger partial charge in [0.15, 0.2) is 10.9 Å². The van der Waals surface area contributed by atoms with Crippen LogP contribution in [0.2, 0.25) is 15.1 Å². The van der Waals surface area contributed by atoms with Crippen LogP contribution in [0, 0.1) is 5.92 Å². The quantitative estimate of drug-likeness (QED) is 0.210. The first-order valence-electron chi connectivity index (χ1n) is 9.92. The molecule has 3 N–H and O–H groups in total. The van der Waals surface area contributed by atoms with Crippen molar-refractivity contribution >= 4 is 92.7 Å². The van der Waals surface area contributed by atoms with Crippen molar-refractivity contribution in [3.05, 3.63) is 62.6 Å². The van der Waals surface area contributed by atoms with E-state index in [0.29, 0.717) is 26.4 Å². The third kappa shape index (κ3) is 6.44. The Balaban J connectivity index is 1.70. The molecule has 5 nitrogen and oxygen atoms in total. The lowest BCUT2D eigenvalue weighted by Gasteiger charge is -2.13. The molecule has 2 aromatic carbocycles. The summed E-state index contributed by atoms with van der Waals surface area (Å²) in [5, 5.41) is 10.0. The number of Topliss-reactive ketones (excluding diaryl/α,β-unsaturated/α-hetero) is 1. The van der Waals surface area contributed by atoms with Crippen LogP contribution < -0.4 is 16.0 Å². The topological polar surface area (TPSA) is 70.2 Å². The number of thiocarbonyl (C=S) groups is 1. The molecule has 3 rings (SSSR count). The molecule has 33 heavy (non-hydrogen) atoms. The van der Waals surface area contributed by atoms with Gasteiger partial charge >= 0.3 is 0 Å². The second-order valence-corrected chi connectivity index (χ2v) is 11.1. The summed E-state index contributed by atoms with van der Waals surface area (Å²) >= 11 is 36.3. The van der Waals surface area contributed by atoms with Crippen LogP contribution in [0.3, 0.4) is 0 Å². The van der Waals surface area contributed by atoms with Crippen LogP contribution in [0.15, 0.2) is 36.4 Å². The van der Waals surface area contributed by atoms with Gasteiger partial charge in [0.2, 0.25) is 5.91 Å². The van der Waals surface area contributed by atoms with Crippen molar-refractivity contribution in [2.24, 2.45) is 5.92 Å². The van der Waals surface area contributed by atoms with Crippen LogP contribution in [0.25, 0.3) is 0 Å². The predicted molar refractivity (Wildman–Crippen MR) is 140 cm³/mol. The fourth-order valence-electron chi connectivity index (χ4n) is 3.43. The normalized spacial score (nSPS) is 18.5. The number of carbonyl (C=O) groups excluding carboxylic acids is 2. The van der Waals surface area contributed by atoms with E-state index in [0.717, 1.165) is 0 Å². The SMILES string of the molecule is CC(C)NC(=S)NCC(=O)c1cc(NC(=O)C2C(c3cc(Cl)cc(Cl)c3)C2(Cl)Cl)ccc1Cl. The Hall–Kier alpha value is -1.28. The molecule has 2 aromatic rings. The summed E-state index contributed by atoms with van der Waals surface area (Å²) in [7, 11) is 0. The van der Waals surface area contributed by atoms with Gasteiger partial charge in [0.25, 0.3) is 0 Å². The highest BCUT2D eigenvalue weighted by Gasteiger charge is 2.67. The van der Waals surface area contributed by atoms with E-state index in [9.17, 15) is 9.59 Å². The molecule has 2 atom stereocenters. The Morgan fingerprint density at radius 1 is 1.06 bits per heavy atom. The molecular formula is C22H20Cl5N3O2S. The van der Waals surface area contributed by atoms with Crippen molar-refractivity contribution in [1.29, 1.82) is 0 Å². The summed E-state index contributed by atoms with van der Waals surface area (Å²) in [4.78, 5) is 25.6. The molecule has 1 fully saturated rings. The lowest BCUT2D eigenvalue weighted by Crippen LogP contribution is -2.41. The van der Waals surface area contributed by atoms with Crippen LogP contribution in [0.5, 0.6) is 0 Å². The third-order valence-corrected chi connectivity index (χ3v) is 6.91. The van der Waals surface area contributed by atoms with Crippen LogP contribution in [-0.2, 0) is 4.79 Å². The van der Waals surface area contributed by atoms with E-state index in [2.05, 4.69) is 16.0 Å². The second kappa shape index (κ2) is 10.5. The zero-order chi connectivity index (χ0) is 24.5. The lowest BCUT2D eigenvalue weighted by molar-refractivity contribution is -0.117. The fourth-order valence-corrected chi connectivity index (χ4v) is 5.33. The molecule has 1 aliphatic rings. The second-order valence-electron chi connectivity index (χ2n) is 7.92. The average molecular weight is 568 g/mol. The van der Waals surface area contributed by atoms with Crippen molar-refractivity contribution in [1.82, 2.24) is 10.6 Å². The van der Waals surface area contributed by atoms with Gasteiger partial charge in [-0.3, -0.25) is 9.59 Å². The molecule has 11 heteroatoms. The highest BCUT2D eigenvalue weighted by Crippen LogP contribution is 2.65. The number of amides is 1. The maximum Gasteiger partial charge on any atom is 0.231 e. The summed E-state index contributed by atoms with van der Waals surface area (Å²) in [6, 6.07) is 9.69. The summed E-state index contributed by atoms with van der Waals surface area (Å²) in [6.07, 6.45) is 0. The van der Waals surface area contributed by atoms with E-state index in [1.807, 2.05) is 13.8 Å². The van der Waals surface area contributed by atoms with Crippen molar-refractivity contribution in [3.63, 3.8) is 0 Å². The summed E-state index contributed by atoms with van der Waals surface area (Å²) < 4.78 is -1.31. The number of ketones is 1. The molecule has 2 unspecified atom stereocenters. The Kier molecular flexibility index (Phi) is 8.41. The van der Waals surface area contributed by atoms with Gasteiger partial charge in [0.05, 0.1) is 17.5 Å². The monoisotopic (exact) mass is 565 g/mol. The number of nitrogens with one attached hydrogen (secondary N) is 3. The van der Waals surface area contributed by atoms with Gasteiger partial charge in [0.1, 0.15) is 4.33 Å². The number of hydrogen-bond acceptors (Lipinski definition) is 3. The maximum absolute atomic E-state index is 12.9. The van der Waals surface area contributed by atoms with Crippen molar-refractivity contribution in [2.45, 2.75) is 30.1 Å². The van der Waals surface area contributed by atoms with E-state index in [-0.39, 0.29) is 29.0 Å². The summed E-state index contributed by atoms with van der Waals surface area (Å²) in [5.41, 5.74) is 1.29. The number of hydrogen-bond donors (Lipinski definition) is 3. The van der Waals surface area contributed by atoms with Gasteiger partial charge in [0, 0.05) is 33.3 Å². The minimum Gasteiger partial charge on any atom is -0.361 e. The third-order valence-electron chi connectivity index (χ3n) is 4.94. The van der Waals surface area contributed by atoms with Crippen molar-refractivity contribution < 1.29 is 9.59 Å². The first-order chi connectivity index (χ1) is 15.4. The molecule has 0 aliphatic heterocycles. The van der Waals surface area contributed by atoms with E-state index in [1.54, 1.807) is 24.3 Å². The van der Waals surface area contributed by atoms with Crippen LogP contribution >= 0.6 is 70.2 Å². The molecule has 1 aliphatic carbocycles. The smallest absolute Gasteiger partial charge is 0.231 e. The van der Waals surface area contributed by atoms with Gasteiger partial charge in [-0.15, -0.1) is 23.2 Å². The highest BCUT2D eigenvalue weighted by atomic mass is 35.5. The molecular weight excluding hydrogens is 548 g/mol. The van der Waals surface area contributed by atoms with Crippen LogP contribution in [0.4, 0.5) is 5.69 Å². The molecule has 0 saturated heterocycles. The molecule has 1 amide bonds. The van der Waals surface area contributed by atoms with Gasteiger partial charge in [-0.05, 0) is 68.0 Å². The average Bonchev–Trinajstić information content (AvgIpc) is 3.28. The van der Waals surface area contributed by atoms with E-state index < -0.39 is 22.1 Å². The number of halogens is 5. The minimum absolute atomic E-state index is 0.0532. The van der Waals surface area contributed by atoms with E-state index in [1.165, 1.54) is 12.1 Å². The Morgan fingerprint density at radius 3 is 2.30 bits per heavy atom. The largest absolute Gasteiger partial charge is 0.361 e. The zero-order valence-corrected chi connectivity index (χ0v) is 22.1. The molecule has 0 bridgehead atoms. The number of alkyl halides is 2. The summed E-state index contributed by atoms with van der Waals surface area (Å²) in [5.74, 6) is -1.90. The Labute approximate surface area is 222 Å². The molecule has 1 saturated carbocycles. The first-order valence-corrected chi connectivity index (χ1v) is 12.2. The van der Waals surface area contributed by atoms with Crippen molar-refractivity contribution in [3.8, 4) is 0 Å². The van der Waals surface area contributed by atoms with Crippen molar-refractivity contribution in [2.75, 3.05) is 11.9 Å². The van der Waals surface area contributed by atoms with Gasteiger partial charge in [-0.25, -0.2) is 0 Å². The summed E-state index contributed by atoms with van der Waals surface area (Å²) in [6.45, 7) is 3.81. The fraction of sp³-hybridized carbons (Fsp3) is 0.318. The van der Waals surface area contributed by atoms with Crippen LogP contribution in [0.1, 0.15) is 35.7 Å². The van der Waals surface area contributed by atoms with E-state index >= 15 is 0 Å². The highest BCUT2D eigenvalue weighted by molar-refractivity contribution is 7.80. The molecule has 0 radical (unpaired) electrons. The molecule has 176 valence electrons. The number of benzene rings is 2. The Morgan fingerprint density at radius 2 is 1.70 bits per heavy atom. The Bertz CT molecular complexity index is 1090. The number of rotatable bonds is 7. The molecule has 0 spiro atoms. The maximum atomic E-state index is 12.9. The zero-order valence-electron chi connectivity index (χ0n) is 17.5. The predicted octanol–water partition coefficient (Wildman–Crippen LogP) is 6.23. The lowest BCUT2D eigenvalue weighted by atomic mass is 10.1. The standard InChI is InChI=1S/C22H20Cl5N3O2S/c1-10(2)29-21(33)28-9-17(31)15-8-14(3-4-16(15)25)30-20(32)19-18(22(19,26)27)11-5-12(23)7-13(24)6-11/h3-8,10,18-19H,9H2,1-2H3,(H,30,32)(H2,28,29,33). The van der Waals surface area contributed by atoms with Gasteiger partial charge < -0.3 is 16.0 Å². The molecule has 0 heterocycles. The minimum atomic E-state index is -1.31. The number of anilines is 1.